The van der Waals surface area contributed by atoms with Crippen molar-refractivity contribution in [3.63, 3.8) is 0 Å². The van der Waals surface area contributed by atoms with Gasteiger partial charge in [0, 0.05) is 18.7 Å². The number of carbonyl (C=O) groups excluding carboxylic acids is 3. The van der Waals surface area contributed by atoms with Crippen LogP contribution in [0.5, 0.6) is 0 Å². The van der Waals surface area contributed by atoms with Crippen molar-refractivity contribution in [1.29, 1.82) is 5.26 Å². The Morgan fingerprint density at radius 3 is 2.58 bits per heavy atom. The highest BCUT2D eigenvalue weighted by Gasteiger charge is 2.34. The molecule has 0 unspecified atom stereocenters. The van der Waals surface area contributed by atoms with Gasteiger partial charge in [-0.05, 0) is 58.1 Å². The number of aromatic nitrogens is 1. The van der Waals surface area contributed by atoms with Gasteiger partial charge in [0.15, 0.2) is 0 Å². The molecule has 1 aromatic rings. The first-order valence-electron chi connectivity index (χ1n) is 11.3. The number of nitrogens with one attached hydrogen (secondary N) is 3. The van der Waals surface area contributed by atoms with Crippen LogP contribution in [0.4, 0.5) is 10.5 Å². The first-order chi connectivity index (χ1) is 15.6. The minimum atomic E-state index is -0.841. The summed E-state index contributed by atoms with van der Waals surface area (Å²) in [7, 11) is 0. The highest BCUT2D eigenvalue weighted by atomic mass is 16.6. The lowest BCUT2D eigenvalue weighted by Gasteiger charge is -2.23. The van der Waals surface area contributed by atoms with Gasteiger partial charge in [-0.15, -0.1) is 0 Å². The van der Waals surface area contributed by atoms with Crippen LogP contribution in [0.1, 0.15) is 58.9 Å². The number of nitriles is 1. The normalized spacial score (nSPS) is 19.7. The molecule has 2 aliphatic rings. The molecule has 3 N–H and O–H groups in total. The van der Waals surface area contributed by atoms with Crippen LogP contribution in [0.3, 0.4) is 0 Å². The smallest absolute Gasteiger partial charge is 0.412 e. The third kappa shape index (κ3) is 6.81. The summed E-state index contributed by atoms with van der Waals surface area (Å²) in [6.45, 7) is 5.71. The summed E-state index contributed by atoms with van der Waals surface area (Å²) in [4.78, 5) is 50.2. The second-order valence-electron chi connectivity index (χ2n) is 9.66. The summed E-state index contributed by atoms with van der Waals surface area (Å²) in [6.07, 6.45) is 3.97. The van der Waals surface area contributed by atoms with Crippen molar-refractivity contribution < 1.29 is 19.1 Å². The van der Waals surface area contributed by atoms with E-state index in [9.17, 15) is 24.4 Å². The Balaban J connectivity index is 1.77. The van der Waals surface area contributed by atoms with Gasteiger partial charge < -0.3 is 19.9 Å². The Morgan fingerprint density at radius 2 is 2.00 bits per heavy atom. The molecule has 0 aromatic carbocycles. The van der Waals surface area contributed by atoms with Crippen LogP contribution in [0.15, 0.2) is 23.1 Å². The maximum Gasteiger partial charge on any atom is 0.412 e. The molecule has 2 heterocycles. The minimum Gasteiger partial charge on any atom is -0.444 e. The Hall–Kier alpha value is -3.35. The second kappa shape index (κ2) is 10.1. The molecule has 1 saturated carbocycles. The van der Waals surface area contributed by atoms with Gasteiger partial charge in [0.2, 0.25) is 11.8 Å². The fourth-order valence-electron chi connectivity index (χ4n) is 3.85. The summed E-state index contributed by atoms with van der Waals surface area (Å²) >= 11 is 0. The third-order valence-corrected chi connectivity index (χ3v) is 5.66. The molecule has 10 heteroatoms. The largest absolute Gasteiger partial charge is 0.444 e. The van der Waals surface area contributed by atoms with E-state index in [4.69, 9.17) is 4.74 Å². The predicted octanol–water partition coefficient (Wildman–Crippen LogP) is 2.07. The van der Waals surface area contributed by atoms with Crippen LogP contribution >= 0.6 is 0 Å². The SMILES string of the molecule is CC(C)(C)OC(=O)Nc1cccn([C@H](CC2CC2)C(=O)N[C@H](C#N)C[C@@H]2CCNC2=O)c1=O. The molecule has 0 bridgehead atoms. The summed E-state index contributed by atoms with van der Waals surface area (Å²) in [6, 6.07) is 3.41. The van der Waals surface area contributed by atoms with Crippen molar-refractivity contribution in [2.24, 2.45) is 11.8 Å². The van der Waals surface area contributed by atoms with Gasteiger partial charge in [0.1, 0.15) is 23.4 Å². The lowest BCUT2D eigenvalue weighted by molar-refractivity contribution is -0.126. The molecular formula is C23H31N5O5. The zero-order valence-corrected chi connectivity index (χ0v) is 19.2. The van der Waals surface area contributed by atoms with Crippen LogP contribution < -0.4 is 21.5 Å². The van der Waals surface area contributed by atoms with Crippen LogP contribution in [0.2, 0.25) is 0 Å². The van der Waals surface area contributed by atoms with Crippen LogP contribution in [-0.2, 0) is 14.3 Å². The monoisotopic (exact) mass is 457 g/mol. The number of anilines is 1. The van der Waals surface area contributed by atoms with E-state index < -0.39 is 35.2 Å². The van der Waals surface area contributed by atoms with Crippen LogP contribution in [0.25, 0.3) is 0 Å². The first-order valence-corrected chi connectivity index (χ1v) is 11.3. The van der Waals surface area contributed by atoms with Gasteiger partial charge in [0.25, 0.3) is 5.56 Å². The molecule has 3 atom stereocenters. The number of amides is 3. The van der Waals surface area contributed by atoms with Gasteiger partial charge in [-0.3, -0.25) is 19.7 Å². The van der Waals surface area contributed by atoms with E-state index in [1.807, 2.05) is 0 Å². The molecule has 33 heavy (non-hydrogen) atoms. The van der Waals surface area contributed by atoms with Gasteiger partial charge in [-0.1, -0.05) is 12.8 Å². The van der Waals surface area contributed by atoms with Crippen molar-refractivity contribution in [2.75, 3.05) is 11.9 Å². The number of hydrogen-bond acceptors (Lipinski definition) is 6. The van der Waals surface area contributed by atoms with Crippen molar-refractivity contribution in [1.82, 2.24) is 15.2 Å². The standard InChI is InChI=1S/C23H31N5O5/c1-23(2,3)33-22(32)27-17-5-4-10-28(21(17)31)18(11-14-6-7-14)20(30)26-16(13-24)12-15-8-9-25-19(15)29/h4-5,10,14-16,18H,6-9,11-12H2,1-3H3,(H,25,29)(H,26,30)(H,27,32)/t15-,16-,18+/m0/s1. The minimum absolute atomic E-state index is 0.000179. The molecule has 0 spiro atoms. The summed E-state index contributed by atoms with van der Waals surface area (Å²) in [5, 5.41) is 17.4. The first kappa shape index (κ1) is 24.3. The average molecular weight is 458 g/mol. The van der Waals surface area contributed by atoms with Crippen molar-refractivity contribution in [2.45, 2.75) is 70.6 Å². The zero-order chi connectivity index (χ0) is 24.2. The molecule has 1 saturated heterocycles. The van der Waals surface area contributed by atoms with Gasteiger partial charge in [-0.25, -0.2) is 4.79 Å². The molecule has 1 aliphatic heterocycles. The molecule has 2 fully saturated rings. The predicted molar refractivity (Wildman–Crippen MR) is 120 cm³/mol. The lowest BCUT2D eigenvalue weighted by Crippen LogP contribution is -2.43. The van der Waals surface area contributed by atoms with E-state index in [1.54, 1.807) is 26.8 Å². The molecule has 1 aromatic heterocycles. The molecule has 1 aliphatic carbocycles. The third-order valence-electron chi connectivity index (χ3n) is 5.66. The summed E-state index contributed by atoms with van der Waals surface area (Å²) in [5.74, 6) is -0.572. The van der Waals surface area contributed by atoms with Gasteiger partial charge >= 0.3 is 6.09 Å². The van der Waals surface area contributed by atoms with Gasteiger partial charge in [-0.2, -0.15) is 5.26 Å². The van der Waals surface area contributed by atoms with E-state index in [0.29, 0.717) is 25.3 Å². The Kier molecular flexibility index (Phi) is 7.41. The van der Waals surface area contributed by atoms with E-state index in [0.717, 1.165) is 12.8 Å². The number of pyridine rings is 1. The van der Waals surface area contributed by atoms with Crippen molar-refractivity contribution in [3.8, 4) is 6.07 Å². The number of nitrogens with zero attached hydrogens (tertiary/aromatic N) is 2. The van der Waals surface area contributed by atoms with Crippen LogP contribution in [0, 0.1) is 23.2 Å². The maximum absolute atomic E-state index is 13.2. The second-order valence-corrected chi connectivity index (χ2v) is 9.66. The number of hydrogen-bond donors (Lipinski definition) is 3. The molecule has 178 valence electrons. The molecule has 0 radical (unpaired) electrons. The fraction of sp³-hybridized carbons (Fsp3) is 0.609. The van der Waals surface area contributed by atoms with Crippen molar-refractivity contribution in [3.05, 3.63) is 28.7 Å². The number of rotatable bonds is 8. The molecule has 3 rings (SSSR count). The average Bonchev–Trinajstić information content (AvgIpc) is 3.46. The molecule has 10 nitrogen and oxygen atoms in total. The van der Waals surface area contributed by atoms with Crippen molar-refractivity contribution >= 4 is 23.6 Å². The Morgan fingerprint density at radius 1 is 1.27 bits per heavy atom. The zero-order valence-electron chi connectivity index (χ0n) is 19.2. The maximum atomic E-state index is 13.2. The Labute approximate surface area is 192 Å². The number of carbonyl (C=O) groups is 3. The summed E-state index contributed by atoms with van der Waals surface area (Å²) < 4.78 is 6.50. The quantitative estimate of drug-likeness (QED) is 0.545. The molecule has 3 amide bonds. The van der Waals surface area contributed by atoms with E-state index in [-0.39, 0.29) is 23.9 Å². The van der Waals surface area contributed by atoms with E-state index in [2.05, 4.69) is 22.0 Å². The summed E-state index contributed by atoms with van der Waals surface area (Å²) in [5.41, 5.74) is -1.26. The van der Waals surface area contributed by atoms with Gasteiger partial charge in [0.05, 0.1) is 6.07 Å². The van der Waals surface area contributed by atoms with E-state index in [1.165, 1.54) is 16.8 Å². The lowest BCUT2D eigenvalue weighted by atomic mass is 9.98. The topological polar surface area (TPSA) is 142 Å². The number of ether oxygens (including phenoxy) is 1. The van der Waals surface area contributed by atoms with Crippen LogP contribution in [-0.4, -0.2) is 40.7 Å². The Bertz CT molecular complexity index is 1000. The van der Waals surface area contributed by atoms with E-state index >= 15 is 0 Å². The highest BCUT2D eigenvalue weighted by molar-refractivity contribution is 5.85. The fourth-order valence-corrected chi connectivity index (χ4v) is 3.85. The highest BCUT2D eigenvalue weighted by Crippen LogP contribution is 2.36. The molecular weight excluding hydrogens is 426 g/mol.